The Morgan fingerprint density at radius 1 is 1.00 bits per heavy atom. The third-order valence-corrected chi connectivity index (χ3v) is 5.41. The van der Waals surface area contributed by atoms with Crippen LogP contribution in [0.4, 0.5) is 11.5 Å². The molecule has 0 saturated carbocycles. The van der Waals surface area contributed by atoms with E-state index in [0.717, 1.165) is 17.0 Å². The smallest absolute Gasteiger partial charge is 0.234 e. The maximum absolute atomic E-state index is 12.2. The lowest BCUT2D eigenvalue weighted by Crippen LogP contribution is -2.14. The van der Waals surface area contributed by atoms with Gasteiger partial charge in [-0.1, -0.05) is 49.9 Å². The molecule has 0 atom stereocenters. The van der Waals surface area contributed by atoms with Crippen LogP contribution in [0.25, 0.3) is 0 Å². The molecule has 7 heteroatoms. The fraction of sp³-hybridized carbons (Fsp3) is 0.261. The average molecular weight is 423 g/mol. The Morgan fingerprint density at radius 3 is 2.33 bits per heavy atom. The van der Waals surface area contributed by atoms with Crippen LogP contribution in [0.2, 0.25) is 0 Å². The van der Waals surface area contributed by atoms with Gasteiger partial charge in [0.2, 0.25) is 5.91 Å². The number of anilines is 2. The SMILES string of the molecule is COc1ccc(CNc2ccc(SCC(=O)Nc3ccc(C(C)C)cc3)nn2)cc1. The van der Waals surface area contributed by atoms with E-state index in [-0.39, 0.29) is 11.7 Å². The van der Waals surface area contributed by atoms with Crippen LogP contribution in [0.3, 0.4) is 0 Å². The summed E-state index contributed by atoms with van der Waals surface area (Å²) in [6.45, 7) is 4.93. The standard InChI is InChI=1S/C23H26N4O2S/c1-16(2)18-6-8-19(9-7-18)25-22(28)15-30-23-13-12-21(26-27-23)24-14-17-4-10-20(29-3)11-5-17/h4-13,16H,14-15H2,1-3H3,(H,24,26)(H,25,28). The first-order chi connectivity index (χ1) is 14.5. The quantitative estimate of drug-likeness (QED) is 0.475. The van der Waals surface area contributed by atoms with Crippen LogP contribution >= 0.6 is 11.8 Å². The summed E-state index contributed by atoms with van der Waals surface area (Å²) >= 11 is 1.36. The highest BCUT2D eigenvalue weighted by molar-refractivity contribution is 7.99. The predicted octanol–water partition coefficient (Wildman–Crippen LogP) is 4.95. The maximum atomic E-state index is 12.2. The summed E-state index contributed by atoms with van der Waals surface area (Å²) in [5.41, 5.74) is 3.17. The number of carbonyl (C=O) groups is 1. The largest absolute Gasteiger partial charge is 0.497 e. The summed E-state index contributed by atoms with van der Waals surface area (Å²) in [6.07, 6.45) is 0. The highest BCUT2D eigenvalue weighted by atomic mass is 32.2. The molecule has 0 saturated heterocycles. The van der Waals surface area contributed by atoms with Gasteiger partial charge in [-0.05, 0) is 53.4 Å². The lowest BCUT2D eigenvalue weighted by Gasteiger charge is -2.08. The fourth-order valence-electron chi connectivity index (χ4n) is 2.72. The fourth-order valence-corrected chi connectivity index (χ4v) is 3.33. The highest BCUT2D eigenvalue weighted by Crippen LogP contribution is 2.19. The molecule has 1 aromatic heterocycles. The Labute approximate surface area is 181 Å². The zero-order valence-corrected chi connectivity index (χ0v) is 18.2. The molecule has 156 valence electrons. The molecular weight excluding hydrogens is 396 g/mol. The Morgan fingerprint density at radius 2 is 1.73 bits per heavy atom. The molecule has 6 nitrogen and oxygen atoms in total. The first-order valence-electron chi connectivity index (χ1n) is 9.76. The third kappa shape index (κ3) is 6.49. The Hall–Kier alpha value is -3.06. The molecule has 30 heavy (non-hydrogen) atoms. The van der Waals surface area contributed by atoms with E-state index in [0.29, 0.717) is 23.3 Å². The molecular formula is C23H26N4O2S. The van der Waals surface area contributed by atoms with Crippen molar-refractivity contribution >= 4 is 29.2 Å². The monoisotopic (exact) mass is 422 g/mol. The van der Waals surface area contributed by atoms with Gasteiger partial charge in [0.05, 0.1) is 12.9 Å². The number of nitrogens with one attached hydrogen (secondary N) is 2. The van der Waals surface area contributed by atoms with E-state index >= 15 is 0 Å². The van der Waals surface area contributed by atoms with Gasteiger partial charge in [0.15, 0.2) is 0 Å². The molecule has 0 spiro atoms. The van der Waals surface area contributed by atoms with Crippen LogP contribution in [0.5, 0.6) is 5.75 Å². The molecule has 0 aliphatic rings. The van der Waals surface area contributed by atoms with Crippen molar-refractivity contribution in [2.24, 2.45) is 0 Å². The Bertz CT molecular complexity index is 942. The number of carbonyl (C=O) groups excluding carboxylic acids is 1. The van der Waals surface area contributed by atoms with E-state index in [1.807, 2.05) is 60.7 Å². The minimum atomic E-state index is -0.0687. The minimum absolute atomic E-state index is 0.0687. The van der Waals surface area contributed by atoms with Gasteiger partial charge < -0.3 is 15.4 Å². The van der Waals surface area contributed by atoms with Crippen molar-refractivity contribution in [3.8, 4) is 5.75 Å². The number of aromatic nitrogens is 2. The van der Waals surface area contributed by atoms with Gasteiger partial charge in [0.1, 0.15) is 16.6 Å². The summed E-state index contributed by atoms with van der Waals surface area (Å²) in [7, 11) is 1.65. The van der Waals surface area contributed by atoms with Crippen LogP contribution in [0.15, 0.2) is 65.7 Å². The normalized spacial score (nSPS) is 10.7. The van der Waals surface area contributed by atoms with Crippen LogP contribution < -0.4 is 15.4 Å². The molecule has 0 aliphatic carbocycles. The summed E-state index contributed by atoms with van der Waals surface area (Å²) in [5, 5.41) is 15.2. The van der Waals surface area contributed by atoms with E-state index in [1.54, 1.807) is 7.11 Å². The zero-order chi connectivity index (χ0) is 21.3. The first kappa shape index (κ1) is 21.6. The third-order valence-electron chi connectivity index (χ3n) is 4.49. The lowest BCUT2D eigenvalue weighted by atomic mass is 10.0. The molecule has 1 amide bonds. The van der Waals surface area contributed by atoms with Gasteiger partial charge in [0.25, 0.3) is 0 Å². The van der Waals surface area contributed by atoms with Crippen molar-refractivity contribution in [1.29, 1.82) is 0 Å². The maximum Gasteiger partial charge on any atom is 0.234 e. The molecule has 2 aromatic carbocycles. The molecule has 1 heterocycles. The van der Waals surface area contributed by atoms with Gasteiger partial charge in [-0.3, -0.25) is 4.79 Å². The number of benzene rings is 2. The topological polar surface area (TPSA) is 76.1 Å². The van der Waals surface area contributed by atoms with Gasteiger partial charge in [0, 0.05) is 12.2 Å². The molecule has 0 unspecified atom stereocenters. The number of hydrogen-bond acceptors (Lipinski definition) is 6. The molecule has 0 aliphatic heterocycles. The van der Waals surface area contributed by atoms with Gasteiger partial charge in [-0.15, -0.1) is 10.2 Å². The molecule has 3 aromatic rings. The van der Waals surface area contributed by atoms with Crippen LogP contribution in [0.1, 0.15) is 30.9 Å². The van der Waals surface area contributed by atoms with Crippen LogP contribution in [-0.4, -0.2) is 29.0 Å². The van der Waals surface area contributed by atoms with Crippen LogP contribution in [-0.2, 0) is 11.3 Å². The number of nitrogens with zero attached hydrogens (tertiary/aromatic N) is 2. The van der Waals surface area contributed by atoms with Gasteiger partial charge in [-0.2, -0.15) is 0 Å². The summed E-state index contributed by atoms with van der Waals surface area (Å²) in [5.74, 6) is 2.19. The van der Waals surface area contributed by atoms with Crippen LogP contribution in [0, 0.1) is 0 Å². The van der Waals surface area contributed by atoms with Crippen molar-refractivity contribution in [2.75, 3.05) is 23.5 Å². The Balaban J connectivity index is 1.43. The summed E-state index contributed by atoms with van der Waals surface area (Å²) in [4.78, 5) is 12.2. The minimum Gasteiger partial charge on any atom is -0.497 e. The van der Waals surface area contributed by atoms with E-state index in [1.165, 1.54) is 17.3 Å². The average Bonchev–Trinajstić information content (AvgIpc) is 2.77. The molecule has 0 radical (unpaired) electrons. The summed E-state index contributed by atoms with van der Waals surface area (Å²) in [6, 6.07) is 19.5. The second kappa shape index (κ2) is 10.6. The molecule has 0 fully saturated rings. The Kier molecular flexibility index (Phi) is 7.68. The lowest BCUT2D eigenvalue weighted by molar-refractivity contribution is -0.113. The van der Waals surface area contributed by atoms with Crippen molar-refractivity contribution in [3.05, 3.63) is 71.8 Å². The van der Waals surface area contributed by atoms with Gasteiger partial charge in [-0.25, -0.2) is 0 Å². The second-order valence-corrected chi connectivity index (χ2v) is 8.07. The molecule has 2 N–H and O–H groups in total. The van der Waals surface area contributed by atoms with Crippen molar-refractivity contribution in [2.45, 2.75) is 31.3 Å². The number of amides is 1. The number of rotatable bonds is 9. The van der Waals surface area contributed by atoms with E-state index in [4.69, 9.17) is 4.74 Å². The molecule has 0 bridgehead atoms. The van der Waals surface area contributed by atoms with E-state index < -0.39 is 0 Å². The van der Waals surface area contributed by atoms with Gasteiger partial charge >= 0.3 is 0 Å². The van der Waals surface area contributed by atoms with Crippen molar-refractivity contribution in [1.82, 2.24) is 10.2 Å². The summed E-state index contributed by atoms with van der Waals surface area (Å²) < 4.78 is 5.16. The number of methoxy groups -OCH3 is 1. The first-order valence-corrected chi connectivity index (χ1v) is 10.7. The number of ether oxygens (including phenoxy) is 1. The zero-order valence-electron chi connectivity index (χ0n) is 17.4. The number of thioether (sulfide) groups is 1. The molecule has 3 rings (SSSR count). The van der Waals surface area contributed by atoms with Crippen molar-refractivity contribution in [3.63, 3.8) is 0 Å². The van der Waals surface area contributed by atoms with E-state index in [9.17, 15) is 4.79 Å². The van der Waals surface area contributed by atoms with E-state index in [2.05, 4.69) is 34.7 Å². The van der Waals surface area contributed by atoms with Crippen molar-refractivity contribution < 1.29 is 9.53 Å². The highest BCUT2D eigenvalue weighted by Gasteiger charge is 2.06. The predicted molar refractivity (Wildman–Crippen MR) is 122 cm³/mol. The number of hydrogen-bond donors (Lipinski definition) is 2. The second-order valence-electron chi connectivity index (χ2n) is 7.07.